The first kappa shape index (κ1) is 18.1. The van der Waals surface area contributed by atoms with Gasteiger partial charge >= 0.3 is 0 Å². The van der Waals surface area contributed by atoms with Gasteiger partial charge in [0.25, 0.3) is 0 Å². The van der Waals surface area contributed by atoms with Gasteiger partial charge in [-0.15, -0.1) is 0 Å². The van der Waals surface area contributed by atoms with E-state index in [1.54, 1.807) is 0 Å². The molecular formula is C15H25FN2O2S. The molecule has 6 heteroatoms. The Labute approximate surface area is 127 Å². The van der Waals surface area contributed by atoms with Gasteiger partial charge in [-0.05, 0) is 63.7 Å². The van der Waals surface area contributed by atoms with E-state index in [4.69, 9.17) is 0 Å². The monoisotopic (exact) mass is 316 g/mol. The number of hydrogen-bond acceptors (Lipinski definition) is 3. The molecule has 1 aromatic carbocycles. The van der Waals surface area contributed by atoms with Crippen LogP contribution in [-0.4, -0.2) is 39.0 Å². The maximum Gasteiger partial charge on any atom is 0.240 e. The van der Waals surface area contributed by atoms with E-state index in [9.17, 15) is 12.8 Å². The lowest BCUT2D eigenvalue weighted by Gasteiger charge is -2.19. The minimum absolute atomic E-state index is 0.0968. The molecule has 0 aliphatic rings. The number of nitrogens with zero attached hydrogens (tertiary/aromatic N) is 1. The van der Waals surface area contributed by atoms with Gasteiger partial charge in [0.2, 0.25) is 10.0 Å². The van der Waals surface area contributed by atoms with E-state index in [0.717, 1.165) is 44.6 Å². The second-order valence-corrected chi connectivity index (χ2v) is 6.86. The van der Waals surface area contributed by atoms with Crippen LogP contribution in [0.25, 0.3) is 0 Å². The van der Waals surface area contributed by atoms with Gasteiger partial charge in [-0.2, -0.15) is 0 Å². The predicted molar refractivity (Wildman–Crippen MR) is 83.2 cm³/mol. The minimum Gasteiger partial charge on any atom is -0.304 e. The molecule has 0 aliphatic heterocycles. The average molecular weight is 316 g/mol. The highest BCUT2D eigenvalue weighted by molar-refractivity contribution is 7.89. The summed E-state index contributed by atoms with van der Waals surface area (Å²) < 4.78 is 39.7. The van der Waals surface area contributed by atoms with E-state index >= 15 is 0 Å². The quantitative estimate of drug-likeness (QED) is 0.762. The molecule has 1 atom stereocenters. The fraction of sp³-hybridized carbons (Fsp3) is 0.600. The Hall–Kier alpha value is -0.980. The van der Waals surface area contributed by atoms with Crippen molar-refractivity contribution in [1.29, 1.82) is 0 Å². The number of rotatable bonds is 9. The van der Waals surface area contributed by atoms with Crippen molar-refractivity contribution >= 4 is 10.0 Å². The zero-order valence-corrected chi connectivity index (χ0v) is 13.8. The molecule has 0 aliphatic carbocycles. The van der Waals surface area contributed by atoms with E-state index in [0.29, 0.717) is 0 Å². The zero-order valence-electron chi connectivity index (χ0n) is 13.0. The lowest BCUT2D eigenvalue weighted by atomic mass is 10.2. The topological polar surface area (TPSA) is 49.4 Å². The number of benzene rings is 1. The summed E-state index contributed by atoms with van der Waals surface area (Å²) in [5.74, 6) is -0.443. The first-order chi connectivity index (χ1) is 9.89. The molecule has 0 saturated carbocycles. The van der Waals surface area contributed by atoms with Crippen LogP contribution in [0.5, 0.6) is 0 Å². The number of sulfonamides is 1. The van der Waals surface area contributed by atoms with E-state index in [1.165, 1.54) is 12.1 Å². The Bertz CT molecular complexity index is 513. The van der Waals surface area contributed by atoms with E-state index in [1.807, 2.05) is 6.92 Å². The van der Waals surface area contributed by atoms with Crippen molar-refractivity contribution in [3.63, 3.8) is 0 Å². The fourth-order valence-electron chi connectivity index (χ4n) is 2.17. The summed E-state index contributed by atoms with van der Waals surface area (Å²) in [6.07, 6.45) is 1.71. The lowest BCUT2D eigenvalue weighted by Crippen LogP contribution is -2.33. The highest BCUT2D eigenvalue weighted by Gasteiger charge is 2.17. The highest BCUT2D eigenvalue weighted by Crippen LogP contribution is 2.11. The number of halogens is 1. The van der Waals surface area contributed by atoms with Crippen molar-refractivity contribution < 1.29 is 12.8 Å². The van der Waals surface area contributed by atoms with Gasteiger partial charge in [0.05, 0.1) is 4.90 Å². The Morgan fingerprint density at radius 2 is 1.76 bits per heavy atom. The molecule has 1 rings (SSSR count). The van der Waals surface area contributed by atoms with Crippen LogP contribution in [0.4, 0.5) is 4.39 Å². The molecule has 1 aromatic rings. The normalized spacial score (nSPS) is 13.6. The van der Waals surface area contributed by atoms with Crippen molar-refractivity contribution in [1.82, 2.24) is 9.62 Å². The number of nitrogens with one attached hydrogen (secondary N) is 1. The molecule has 4 nitrogen and oxygen atoms in total. The van der Waals surface area contributed by atoms with E-state index in [-0.39, 0.29) is 10.9 Å². The molecule has 0 fully saturated rings. The van der Waals surface area contributed by atoms with Crippen LogP contribution in [0.15, 0.2) is 29.2 Å². The molecule has 0 spiro atoms. The molecule has 0 amide bonds. The third-order valence-electron chi connectivity index (χ3n) is 3.49. The fourth-order valence-corrected chi connectivity index (χ4v) is 3.44. The van der Waals surface area contributed by atoms with Crippen LogP contribution in [0.2, 0.25) is 0 Å². The van der Waals surface area contributed by atoms with Crippen molar-refractivity contribution in [3.05, 3.63) is 30.1 Å². The minimum atomic E-state index is -3.57. The Morgan fingerprint density at radius 3 is 2.29 bits per heavy atom. The summed E-state index contributed by atoms with van der Waals surface area (Å²) in [5.41, 5.74) is 0. The van der Waals surface area contributed by atoms with Crippen molar-refractivity contribution in [2.24, 2.45) is 0 Å². The molecule has 1 N–H and O–H groups in total. The Kier molecular flexibility index (Phi) is 7.28. The summed E-state index contributed by atoms with van der Waals surface area (Å²) >= 11 is 0. The lowest BCUT2D eigenvalue weighted by molar-refractivity contribution is 0.293. The first-order valence-corrected chi connectivity index (χ1v) is 8.87. The van der Waals surface area contributed by atoms with Crippen LogP contribution >= 0.6 is 0 Å². The van der Waals surface area contributed by atoms with Crippen LogP contribution in [-0.2, 0) is 10.0 Å². The predicted octanol–water partition coefficient (Wildman–Crippen LogP) is 2.61. The van der Waals surface area contributed by atoms with Gasteiger partial charge in [-0.25, -0.2) is 17.5 Å². The molecule has 0 bridgehead atoms. The molecular weight excluding hydrogens is 291 g/mol. The summed E-state index contributed by atoms with van der Waals surface area (Å²) in [4.78, 5) is 2.40. The SMILES string of the molecule is CCN(CC)CCCC(C)NS(=O)(=O)c1ccc(F)cc1. The Morgan fingerprint density at radius 1 is 1.19 bits per heavy atom. The molecule has 0 heterocycles. The molecule has 21 heavy (non-hydrogen) atoms. The summed E-state index contributed by atoms with van der Waals surface area (Å²) in [6.45, 7) is 9.06. The van der Waals surface area contributed by atoms with E-state index < -0.39 is 15.8 Å². The smallest absolute Gasteiger partial charge is 0.240 e. The third kappa shape index (κ3) is 6.11. The second-order valence-electron chi connectivity index (χ2n) is 5.15. The second kappa shape index (κ2) is 8.46. The molecule has 0 saturated heterocycles. The van der Waals surface area contributed by atoms with Crippen molar-refractivity contribution in [3.8, 4) is 0 Å². The van der Waals surface area contributed by atoms with Crippen LogP contribution in [0.3, 0.4) is 0 Å². The van der Waals surface area contributed by atoms with Gasteiger partial charge in [-0.1, -0.05) is 13.8 Å². The van der Waals surface area contributed by atoms with Crippen molar-refractivity contribution in [2.75, 3.05) is 19.6 Å². The van der Waals surface area contributed by atoms with Gasteiger partial charge in [0, 0.05) is 6.04 Å². The largest absolute Gasteiger partial charge is 0.304 e. The van der Waals surface area contributed by atoms with Gasteiger partial charge in [0.15, 0.2) is 0 Å². The molecule has 0 aromatic heterocycles. The number of hydrogen-bond donors (Lipinski definition) is 1. The molecule has 0 radical (unpaired) electrons. The highest BCUT2D eigenvalue weighted by atomic mass is 32.2. The zero-order chi connectivity index (χ0) is 15.9. The average Bonchev–Trinajstić information content (AvgIpc) is 2.43. The van der Waals surface area contributed by atoms with Gasteiger partial charge < -0.3 is 4.90 Å². The molecule has 120 valence electrons. The standard InChI is InChI=1S/C15H25FN2O2S/c1-4-18(5-2)12-6-7-13(3)17-21(19,20)15-10-8-14(16)9-11-15/h8-11,13,17H,4-7,12H2,1-3H3. The van der Waals surface area contributed by atoms with E-state index in [2.05, 4.69) is 23.5 Å². The maximum atomic E-state index is 12.8. The first-order valence-electron chi connectivity index (χ1n) is 7.39. The summed E-state index contributed by atoms with van der Waals surface area (Å²) in [5, 5.41) is 0. The Balaban J connectivity index is 2.49. The van der Waals surface area contributed by atoms with Crippen molar-refractivity contribution in [2.45, 2.75) is 44.6 Å². The van der Waals surface area contributed by atoms with Crippen LogP contribution in [0.1, 0.15) is 33.6 Å². The maximum absolute atomic E-state index is 12.8. The summed E-state index contributed by atoms with van der Waals surface area (Å²) in [6, 6.07) is 4.72. The molecule has 1 unspecified atom stereocenters. The third-order valence-corrected chi connectivity index (χ3v) is 5.09. The summed E-state index contributed by atoms with van der Waals surface area (Å²) in [7, 11) is -3.57. The van der Waals surface area contributed by atoms with Gasteiger partial charge in [-0.3, -0.25) is 0 Å². The van der Waals surface area contributed by atoms with Crippen LogP contribution < -0.4 is 4.72 Å². The van der Waals surface area contributed by atoms with Crippen LogP contribution in [0, 0.1) is 5.82 Å². The van der Waals surface area contributed by atoms with Gasteiger partial charge in [0.1, 0.15) is 5.82 Å².